The van der Waals surface area contributed by atoms with Gasteiger partial charge in [-0.3, -0.25) is 9.69 Å². The maximum atomic E-state index is 14.8. The average molecular weight is 520 g/mol. The summed E-state index contributed by atoms with van der Waals surface area (Å²) in [5.41, 5.74) is 4.00. The van der Waals surface area contributed by atoms with E-state index in [0.29, 0.717) is 41.8 Å². The van der Waals surface area contributed by atoms with E-state index in [9.17, 15) is 13.6 Å². The van der Waals surface area contributed by atoms with Crippen molar-refractivity contribution in [2.24, 2.45) is 7.05 Å². The number of hydrogen-bond acceptors (Lipinski definition) is 3. The molecule has 1 saturated heterocycles. The molecule has 0 atom stereocenters. The van der Waals surface area contributed by atoms with Gasteiger partial charge in [-0.25, -0.2) is 8.78 Å². The molecule has 0 N–H and O–H groups in total. The minimum atomic E-state index is -2.95. The lowest BCUT2D eigenvalue weighted by Crippen LogP contribution is -2.50. The van der Waals surface area contributed by atoms with E-state index in [2.05, 4.69) is 4.90 Å². The Balaban J connectivity index is 1.32. The summed E-state index contributed by atoms with van der Waals surface area (Å²) >= 11 is 12.4. The number of carbonyl (C=O) groups excluding carboxylic acids is 1. The first-order valence-corrected chi connectivity index (χ1v) is 12.5. The molecule has 0 saturated carbocycles. The summed E-state index contributed by atoms with van der Waals surface area (Å²) in [6.45, 7) is 3.64. The number of nitrogens with zero attached hydrogens (tertiary/aromatic N) is 3. The van der Waals surface area contributed by atoms with E-state index in [1.807, 2.05) is 67.1 Å². The molecule has 35 heavy (non-hydrogen) atoms. The maximum Gasteiger partial charge on any atom is 0.261 e. The van der Waals surface area contributed by atoms with Gasteiger partial charge in [0.1, 0.15) is 0 Å². The average Bonchev–Trinajstić information content (AvgIpc) is 3.15. The summed E-state index contributed by atoms with van der Waals surface area (Å²) < 4.78 is 31.6. The fraction of sp³-hybridized carbons (Fsp3) is 0.370. The van der Waals surface area contributed by atoms with Gasteiger partial charge in [0.2, 0.25) is 0 Å². The van der Waals surface area contributed by atoms with E-state index < -0.39 is 12.3 Å². The number of rotatable bonds is 8. The van der Waals surface area contributed by atoms with Crippen molar-refractivity contribution in [3.8, 4) is 11.3 Å². The van der Waals surface area contributed by atoms with Crippen molar-refractivity contribution in [2.75, 3.05) is 37.6 Å². The van der Waals surface area contributed by atoms with Gasteiger partial charge in [0.05, 0.1) is 22.3 Å². The lowest BCUT2D eigenvalue weighted by Gasteiger charge is -2.37. The van der Waals surface area contributed by atoms with Crippen molar-refractivity contribution >= 4 is 34.7 Å². The fourth-order valence-corrected chi connectivity index (χ4v) is 5.00. The molecule has 1 aromatic heterocycles. The minimum absolute atomic E-state index is 0.190. The van der Waals surface area contributed by atoms with Crippen LogP contribution in [0.1, 0.15) is 28.9 Å². The third kappa shape index (κ3) is 5.88. The first-order chi connectivity index (χ1) is 16.7. The van der Waals surface area contributed by atoms with Gasteiger partial charge in [0.15, 0.2) is 5.78 Å². The van der Waals surface area contributed by atoms with Crippen molar-refractivity contribution in [2.45, 2.75) is 25.7 Å². The molecule has 0 bridgehead atoms. The van der Waals surface area contributed by atoms with E-state index in [1.165, 1.54) is 0 Å². The van der Waals surface area contributed by atoms with Crippen LogP contribution in [0.3, 0.4) is 0 Å². The number of carbonyl (C=O) groups is 1. The first kappa shape index (κ1) is 25.7. The van der Waals surface area contributed by atoms with Crippen LogP contribution in [-0.4, -0.2) is 53.9 Å². The number of halogens is 4. The third-order valence-corrected chi connectivity index (χ3v) is 7.53. The Labute approximate surface area is 215 Å². The molecule has 2 aromatic carbocycles. The summed E-state index contributed by atoms with van der Waals surface area (Å²) in [5, 5.41) is 0.963. The zero-order chi connectivity index (χ0) is 25.2. The molecule has 0 amide bonds. The highest BCUT2D eigenvalue weighted by molar-refractivity contribution is 6.43. The second kappa shape index (κ2) is 10.7. The summed E-state index contributed by atoms with van der Waals surface area (Å²) in [6, 6.07) is 17.0. The molecule has 8 heteroatoms. The molecule has 0 spiro atoms. The molecule has 1 aliphatic heterocycles. The number of aromatic nitrogens is 1. The number of piperazine rings is 1. The van der Waals surface area contributed by atoms with Gasteiger partial charge in [-0.15, -0.1) is 0 Å². The van der Waals surface area contributed by atoms with Crippen LogP contribution >= 0.6 is 23.2 Å². The fourth-order valence-electron chi connectivity index (χ4n) is 4.59. The Bertz CT molecular complexity index is 1190. The van der Waals surface area contributed by atoms with E-state index in [-0.39, 0.29) is 18.7 Å². The van der Waals surface area contributed by atoms with Gasteiger partial charge in [-0.2, -0.15) is 0 Å². The van der Waals surface area contributed by atoms with Gasteiger partial charge < -0.3 is 9.47 Å². The van der Waals surface area contributed by atoms with Crippen molar-refractivity contribution in [3.63, 3.8) is 0 Å². The highest BCUT2D eigenvalue weighted by Crippen LogP contribution is 2.33. The first-order valence-electron chi connectivity index (χ1n) is 11.7. The van der Waals surface area contributed by atoms with Crippen LogP contribution in [-0.2, 0) is 7.05 Å². The second-order valence-corrected chi connectivity index (χ2v) is 9.85. The Morgan fingerprint density at radius 2 is 1.69 bits per heavy atom. The highest BCUT2D eigenvalue weighted by atomic mass is 35.5. The van der Waals surface area contributed by atoms with Crippen LogP contribution in [0.4, 0.5) is 14.5 Å². The molecular weight excluding hydrogens is 491 g/mol. The molecule has 186 valence electrons. The largest absolute Gasteiger partial charge is 0.368 e. The van der Waals surface area contributed by atoms with Crippen LogP contribution in [0, 0.1) is 6.92 Å². The standard InChI is InChI=1S/C27H29Cl2F2N3O/c1-19-21(17-24(32(19)2)20-7-4-3-5-8-20)25(35)11-12-27(30,31)18-33-13-15-34(16-14-33)23-10-6-9-22(28)26(23)29/h3-10,17H,11-16,18H2,1-2H3. The van der Waals surface area contributed by atoms with E-state index in [1.54, 1.807) is 11.0 Å². The zero-order valence-electron chi connectivity index (χ0n) is 19.9. The molecule has 4 rings (SSSR count). The smallest absolute Gasteiger partial charge is 0.261 e. The molecule has 2 heterocycles. The van der Waals surface area contributed by atoms with Gasteiger partial charge in [0, 0.05) is 63.0 Å². The normalized spacial score (nSPS) is 15.0. The van der Waals surface area contributed by atoms with Crippen LogP contribution in [0.2, 0.25) is 10.0 Å². The number of Topliss-reactive ketones (excluding diaryl/α,β-unsaturated/α-hetero) is 1. The quantitative estimate of drug-likeness (QED) is 0.309. The van der Waals surface area contributed by atoms with Crippen LogP contribution in [0.5, 0.6) is 0 Å². The lowest BCUT2D eigenvalue weighted by molar-refractivity contribution is -0.0402. The molecule has 0 unspecified atom stereocenters. The summed E-state index contributed by atoms with van der Waals surface area (Å²) in [5.74, 6) is -3.20. The number of anilines is 1. The number of hydrogen-bond donors (Lipinski definition) is 0. The van der Waals surface area contributed by atoms with E-state index in [4.69, 9.17) is 23.2 Å². The topological polar surface area (TPSA) is 28.5 Å². The molecule has 1 fully saturated rings. The number of alkyl halides is 2. The van der Waals surface area contributed by atoms with Crippen molar-refractivity contribution in [3.05, 3.63) is 75.9 Å². The molecule has 0 radical (unpaired) electrons. The van der Waals surface area contributed by atoms with Crippen molar-refractivity contribution in [1.82, 2.24) is 9.47 Å². The summed E-state index contributed by atoms with van der Waals surface area (Å²) in [4.78, 5) is 16.7. The maximum absolute atomic E-state index is 14.8. The molecular formula is C27H29Cl2F2N3O. The highest BCUT2D eigenvalue weighted by Gasteiger charge is 2.34. The Morgan fingerprint density at radius 3 is 2.37 bits per heavy atom. The van der Waals surface area contributed by atoms with Crippen molar-refractivity contribution in [1.29, 1.82) is 0 Å². The zero-order valence-corrected chi connectivity index (χ0v) is 21.4. The van der Waals surface area contributed by atoms with Gasteiger partial charge in [-0.1, -0.05) is 59.6 Å². The van der Waals surface area contributed by atoms with Crippen LogP contribution < -0.4 is 4.90 Å². The summed E-state index contributed by atoms with van der Waals surface area (Å²) in [7, 11) is 1.89. The van der Waals surface area contributed by atoms with Crippen molar-refractivity contribution < 1.29 is 13.6 Å². The Hall–Kier alpha value is -2.41. The SMILES string of the molecule is Cc1c(C(=O)CCC(F)(F)CN2CCN(c3cccc(Cl)c3Cl)CC2)cc(-c2ccccc2)n1C. The van der Waals surface area contributed by atoms with Crippen LogP contribution in [0.15, 0.2) is 54.6 Å². The number of benzene rings is 2. The van der Waals surface area contributed by atoms with Gasteiger partial charge >= 0.3 is 0 Å². The van der Waals surface area contributed by atoms with Gasteiger partial charge in [-0.05, 0) is 30.7 Å². The van der Waals surface area contributed by atoms with E-state index >= 15 is 0 Å². The Morgan fingerprint density at radius 1 is 1.00 bits per heavy atom. The lowest BCUT2D eigenvalue weighted by atomic mass is 10.0. The van der Waals surface area contributed by atoms with Crippen LogP contribution in [0.25, 0.3) is 11.3 Å². The third-order valence-electron chi connectivity index (χ3n) is 6.72. The Kier molecular flexibility index (Phi) is 7.84. The molecule has 1 aliphatic rings. The second-order valence-electron chi connectivity index (χ2n) is 9.07. The summed E-state index contributed by atoms with van der Waals surface area (Å²) in [6.07, 6.45) is -0.661. The van der Waals surface area contributed by atoms with Gasteiger partial charge in [0.25, 0.3) is 5.92 Å². The monoisotopic (exact) mass is 519 g/mol. The molecule has 4 nitrogen and oxygen atoms in total. The van der Waals surface area contributed by atoms with E-state index in [0.717, 1.165) is 22.6 Å². The molecule has 0 aliphatic carbocycles. The predicted molar refractivity (Wildman–Crippen MR) is 139 cm³/mol. The predicted octanol–water partition coefficient (Wildman–Crippen LogP) is 6.73. The minimum Gasteiger partial charge on any atom is -0.368 e. The number of ketones is 1. The molecule has 3 aromatic rings.